The minimum absolute atomic E-state index is 0.0520. The van der Waals surface area contributed by atoms with Crippen LogP contribution in [0, 0.1) is 0 Å². The van der Waals surface area contributed by atoms with Crippen LogP contribution < -0.4 is 0 Å². The van der Waals surface area contributed by atoms with Crippen molar-refractivity contribution in [1.29, 1.82) is 0 Å². The zero-order valence-corrected chi connectivity index (χ0v) is 9.00. The smallest absolute Gasteiger partial charge is 0.163 e. The zero-order chi connectivity index (χ0) is 10.6. The summed E-state index contributed by atoms with van der Waals surface area (Å²) >= 11 is 0. The number of aromatic nitrogens is 2. The third kappa shape index (κ3) is 2.02. The number of carbonyl (C=O) groups excluding carboxylic acids is 1. The van der Waals surface area contributed by atoms with Crippen LogP contribution in [0.4, 0.5) is 0 Å². The number of ketones is 1. The van der Waals surface area contributed by atoms with Crippen molar-refractivity contribution in [2.45, 2.75) is 6.92 Å². The Morgan fingerprint density at radius 2 is 2.21 bits per heavy atom. The third-order valence-corrected chi connectivity index (χ3v) is 1.81. The lowest BCUT2D eigenvalue weighted by Crippen LogP contribution is -1.90. The monoisotopic (exact) mass is 204 g/mol. The molecule has 0 fully saturated rings. The van der Waals surface area contributed by atoms with Crippen molar-refractivity contribution in [3.05, 3.63) is 36.2 Å². The minimum Gasteiger partial charge on any atom is -0.294 e. The fraction of sp³-hybridized carbons (Fsp3) is 0.111. The quantitative estimate of drug-likeness (QED) is 0.400. The lowest BCUT2D eigenvalue weighted by Gasteiger charge is -1.91. The molecule has 0 amide bonds. The van der Waals surface area contributed by atoms with Crippen LogP contribution >= 0.6 is 9.12 Å². The number of rotatable bonds is 1. The number of pyridine rings is 1. The normalized spacial score (nSPS) is 9.29. The maximum absolute atomic E-state index is 11.1. The van der Waals surface area contributed by atoms with E-state index in [1.807, 2.05) is 33.5 Å². The molecule has 0 aromatic carbocycles. The van der Waals surface area contributed by atoms with E-state index in [0.29, 0.717) is 5.56 Å². The Morgan fingerprint density at radius 1 is 1.50 bits per heavy atom. The van der Waals surface area contributed by atoms with Gasteiger partial charge in [-0.2, -0.15) is 14.2 Å². The highest BCUT2D eigenvalue weighted by molar-refractivity contribution is 7.49. The number of hydrogen-bond donors (Lipinski definition) is 0. The first-order valence-corrected chi connectivity index (χ1v) is 4.72. The van der Waals surface area contributed by atoms with Gasteiger partial charge in [-0.15, -0.1) is 0 Å². The molecule has 5 heteroatoms. The molecule has 2 rings (SSSR count). The average Bonchev–Trinajstić information content (AvgIpc) is 2.64. The second kappa shape index (κ2) is 4.92. The molecule has 0 saturated carbocycles. The predicted molar refractivity (Wildman–Crippen MR) is 60.7 cm³/mol. The van der Waals surface area contributed by atoms with Crippen molar-refractivity contribution in [2.75, 3.05) is 0 Å². The molecule has 0 bridgehead atoms. The van der Waals surface area contributed by atoms with Crippen molar-refractivity contribution in [3.63, 3.8) is 0 Å². The van der Waals surface area contributed by atoms with Gasteiger partial charge in [-0.3, -0.25) is 4.79 Å². The van der Waals surface area contributed by atoms with Gasteiger partial charge in [0.15, 0.2) is 5.78 Å². The van der Waals surface area contributed by atoms with Crippen LogP contribution in [0.3, 0.4) is 0 Å². The van der Waals surface area contributed by atoms with Gasteiger partial charge in [-0.1, -0.05) is 6.07 Å². The van der Waals surface area contributed by atoms with E-state index in [2.05, 4.69) is 12.7 Å². The second-order valence-electron chi connectivity index (χ2n) is 2.64. The van der Waals surface area contributed by atoms with Gasteiger partial charge in [0.2, 0.25) is 0 Å². The molecule has 1 atom stereocenters. The Labute approximate surface area is 86.1 Å². The summed E-state index contributed by atoms with van der Waals surface area (Å²) in [6.45, 7) is 1.55. The van der Waals surface area contributed by atoms with E-state index in [-0.39, 0.29) is 5.78 Å². The maximum Gasteiger partial charge on any atom is 0.163 e. The van der Waals surface area contributed by atoms with Crippen LogP contribution in [0.5, 0.6) is 0 Å². The summed E-state index contributed by atoms with van der Waals surface area (Å²) in [4.78, 5) is 11.1. The summed E-state index contributed by atoms with van der Waals surface area (Å²) in [5.41, 5.74) is 1.54. The number of fused-ring (bicyclic) bond motifs is 1. The van der Waals surface area contributed by atoms with E-state index in [1.165, 1.54) is 0 Å². The fourth-order valence-electron chi connectivity index (χ4n) is 1.21. The minimum atomic E-state index is 0.0520. The van der Waals surface area contributed by atoms with Crippen molar-refractivity contribution < 1.29 is 4.79 Å². The molecule has 0 spiro atoms. The SMILES string of the molecule is CC(=O)c1cnn2ccccc12.[B]P. The number of carbonyl (C=O) groups is 1. The molecule has 0 aliphatic heterocycles. The van der Waals surface area contributed by atoms with Crippen LogP contribution in [0.15, 0.2) is 30.6 Å². The van der Waals surface area contributed by atoms with Gasteiger partial charge in [0.1, 0.15) is 0 Å². The third-order valence-electron chi connectivity index (χ3n) is 1.81. The molecular formula is C9H10BN2OP. The summed E-state index contributed by atoms with van der Waals surface area (Å²) in [5.74, 6) is 0.0520. The van der Waals surface area contributed by atoms with Gasteiger partial charge in [0.25, 0.3) is 0 Å². The molecule has 0 aliphatic rings. The molecular weight excluding hydrogens is 194 g/mol. The lowest BCUT2D eigenvalue weighted by atomic mass is 10.2. The fourth-order valence-corrected chi connectivity index (χ4v) is 1.21. The first-order chi connectivity index (χ1) is 6.79. The van der Waals surface area contributed by atoms with Crippen LogP contribution in [0.2, 0.25) is 0 Å². The van der Waals surface area contributed by atoms with Crippen LogP contribution in [-0.2, 0) is 0 Å². The van der Waals surface area contributed by atoms with Crippen LogP contribution in [-0.4, -0.2) is 23.0 Å². The summed E-state index contributed by atoms with van der Waals surface area (Å²) < 4.78 is 1.69. The molecule has 1 unspecified atom stereocenters. The molecule has 70 valence electrons. The van der Waals surface area contributed by atoms with Gasteiger partial charge in [0, 0.05) is 6.20 Å². The van der Waals surface area contributed by atoms with Gasteiger partial charge in [-0.25, -0.2) is 4.52 Å². The molecule has 0 aliphatic carbocycles. The summed E-state index contributed by atoms with van der Waals surface area (Å²) in [6, 6.07) is 5.65. The Hall–Kier alpha value is -1.15. The molecule has 2 aromatic rings. The Kier molecular flexibility index (Phi) is 3.84. The lowest BCUT2D eigenvalue weighted by molar-refractivity contribution is 0.101. The standard InChI is InChI=1S/C9H8N2O.BH2P/c1-7(12)8-6-10-11-5-3-2-4-9(8)11;1-2/h2-6H,1H3;2H2. The Morgan fingerprint density at radius 3 is 2.86 bits per heavy atom. The van der Waals surface area contributed by atoms with Gasteiger partial charge < -0.3 is 0 Å². The van der Waals surface area contributed by atoms with Crippen molar-refractivity contribution in [1.82, 2.24) is 9.61 Å². The largest absolute Gasteiger partial charge is 0.294 e. The van der Waals surface area contributed by atoms with Crippen molar-refractivity contribution >= 4 is 28.0 Å². The van der Waals surface area contributed by atoms with E-state index in [1.54, 1.807) is 17.6 Å². The van der Waals surface area contributed by atoms with Gasteiger partial charge in [0.05, 0.1) is 24.8 Å². The number of hydrogen-bond acceptors (Lipinski definition) is 2. The van der Waals surface area contributed by atoms with Gasteiger partial charge >= 0.3 is 0 Å². The topological polar surface area (TPSA) is 34.4 Å². The average molecular weight is 204 g/mol. The number of Topliss-reactive ketones (excluding diaryl/α,β-unsaturated/α-hetero) is 1. The van der Waals surface area contributed by atoms with E-state index < -0.39 is 0 Å². The number of nitrogens with zero attached hydrogens (tertiary/aromatic N) is 2. The maximum atomic E-state index is 11.1. The molecule has 0 N–H and O–H groups in total. The molecule has 2 heterocycles. The zero-order valence-electron chi connectivity index (χ0n) is 7.84. The first-order valence-electron chi connectivity index (χ1n) is 4.05. The predicted octanol–water partition coefficient (Wildman–Crippen LogP) is 1.48. The van der Waals surface area contributed by atoms with E-state index >= 15 is 0 Å². The summed E-state index contributed by atoms with van der Waals surface area (Å²) in [6.07, 6.45) is 3.42. The summed E-state index contributed by atoms with van der Waals surface area (Å²) in [5, 5.41) is 4.04. The first kappa shape index (κ1) is 10.9. The highest BCUT2D eigenvalue weighted by Gasteiger charge is 2.05. The molecule has 14 heavy (non-hydrogen) atoms. The molecule has 2 radical (unpaired) electrons. The highest BCUT2D eigenvalue weighted by atomic mass is 31.0. The molecule has 2 aromatic heterocycles. The van der Waals surface area contributed by atoms with E-state index in [9.17, 15) is 4.79 Å². The van der Waals surface area contributed by atoms with Crippen LogP contribution in [0.1, 0.15) is 17.3 Å². The Balaban J connectivity index is 0.000000461. The van der Waals surface area contributed by atoms with Gasteiger partial charge in [-0.05, 0) is 19.1 Å². The molecule has 3 nitrogen and oxygen atoms in total. The van der Waals surface area contributed by atoms with E-state index in [4.69, 9.17) is 0 Å². The van der Waals surface area contributed by atoms with E-state index in [0.717, 1.165) is 5.52 Å². The summed E-state index contributed by atoms with van der Waals surface area (Å²) in [7, 11) is 6.33. The Bertz CT molecular complexity index is 441. The van der Waals surface area contributed by atoms with Crippen molar-refractivity contribution in [2.24, 2.45) is 0 Å². The van der Waals surface area contributed by atoms with Crippen LogP contribution in [0.25, 0.3) is 5.52 Å². The highest BCUT2D eigenvalue weighted by Crippen LogP contribution is 2.09. The molecule has 0 saturated heterocycles. The van der Waals surface area contributed by atoms with Crippen molar-refractivity contribution in [3.8, 4) is 0 Å². The second-order valence-corrected chi connectivity index (χ2v) is 2.64.